The molecule has 4 rings (SSSR count). The summed E-state index contributed by atoms with van der Waals surface area (Å²) < 4.78 is 55.8. The average molecular weight is 479 g/mol. The summed E-state index contributed by atoms with van der Waals surface area (Å²) >= 11 is 0. The third kappa shape index (κ3) is 6.19. The second kappa shape index (κ2) is 12.0. The van der Waals surface area contributed by atoms with Crippen molar-refractivity contribution in [1.82, 2.24) is 0 Å². The highest BCUT2D eigenvalue weighted by Gasteiger charge is 2.33. The van der Waals surface area contributed by atoms with Gasteiger partial charge in [0.2, 0.25) is 5.82 Å². The van der Waals surface area contributed by atoms with Crippen molar-refractivity contribution in [2.75, 3.05) is 13.2 Å². The van der Waals surface area contributed by atoms with Gasteiger partial charge < -0.3 is 9.47 Å². The number of benzene rings is 1. The largest absolute Gasteiger partial charge is 0.490 e. The molecular formula is C29H41F3O2. The molecule has 5 heteroatoms. The predicted octanol–water partition coefficient (Wildman–Crippen LogP) is 8.15. The fraction of sp³-hybridized carbons (Fsp3) is 0.724. The van der Waals surface area contributed by atoms with Gasteiger partial charge in [0.05, 0.1) is 12.7 Å². The van der Waals surface area contributed by atoms with Crippen LogP contribution < -0.4 is 4.74 Å². The molecule has 2 saturated carbocycles. The Bertz CT molecular complexity index is 789. The van der Waals surface area contributed by atoms with Gasteiger partial charge in [0.15, 0.2) is 11.6 Å². The molecule has 0 amide bonds. The molecule has 3 aliphatic rings. The van der Waals surface area contributed by atoms with Gasteiger partial charge in [-0.25, -0.2) is 8.78 Å². The van der Waals surface area contributed by atoms with Gasteiger partial charge in [0.25, 0.3) is 0 Å². The Labute approximate surface area is 203 Å². The lowest BCUT2D eigenvalue weighted by atomic mass is 9.75. The number of allylic oxidation sites excluding steroid dienone is 1. The third-order valence-electron chi connectivity index (χ3n) is 8.67. The molecule has 0 aromatic heterocycles. The van der Waals surface area contributed by atoms with Gasteiger partial charge in [0.1, 0.15) is 6.17 Å². The minimum Gasteiger partial charge on any atom is -0.490 e. The number of ether oxygens (including phenoxy) is 2. The van der Waals surface area contributed by atoms with Crippen molar-refractivity contribution in [2.24, 2.45) is 23.7 Å². The van der Waals surface area contributed by atoms with E-state index in [-0.39, 0.29) is 30.6 Å². The Morgan fingerprint density at radius 1 is 1.00 bits per heavy atom. The first-order valence-corrected chi connectivity index (χ1v) is 13.4. The van der Waals surface area contributed by atoms with E-state index in [1.165, 1.54) is 12.5 Å². The van der Waals surface area contributed by atoms with Crippen LogP contribution in [0.5, 0.6) is 5.75 Å². The Morgan fingerprint density at radius 2 is 1.74 bits per heavy atom. The highest BCUT2D eigenvalue weighted by Crippen LogP contribution is 2.40. The number of alkyl halides is 1. The van der Waals surface area contributed by atoms with Gasteiger partial charge in [-0.05, 0) is 105 Å². The molecule has 0 radical (unpaired) electrons. The normalized spacial score (nSPS) is 33.3. The predicted molar refractivity (Wildman–Crippen MR) is 130 cm³/mol. The number of hydrogen-bond acceptors (Lipinski definition) is 2. The maximum absolute atomic E-state index is 14.9. The van der Waals surface area contributed by atoms with Crippen LogP contribution in [-0.2, 0) is 4.74 Å². The summed E-state index contributed by atoms with van der Waals surface area (Å²) in [4.78, 5) is 0. The van der Waals surface area contributed by atoms with Crippen LogP contribution in [-0.4, -0.2) is 25.5 Å². The van der Waals surface area contributed by atoms with E-state index in [0.717, 1.165) is 64.4 Å². The summed E-state index contributed by atoms with van der Waals surface area (Å²) in [5.74, 6) is -0.135. The van der Waals surface area contributed by atoms with Crippen LogP contribution in [0.1, 0.15) is 89.0 Å². The Balaban J connectivity index is 1.21. The maximum atomic E-state index is 14.9. The molecule has 0 spiro atoms. The van der Waals surface area contributed by atoms with Gasteiger partial charge in [-0.3, -0.25) is 0 Å². The Kier molecular flexibility index (Phi) is 9.01. The molecule has 3 atom stereocenters. The van der Waals surface area contributed by atoms with Crippen LogP contribution in [0.3, 0.4) is 0 Å². The highest BCUT2D eigenvalue weighted by atomic mass is 19.2. The molecular weight excluding hydrogens is 437 g/mol. The quantitative estimate of drug-likeness (QED) is 0.351. The number of rotatable bonds is 8. The zero-order chi connectivity index (χ0) is 24.1. The minimum atomic E-state index is -0.972. The average Bonchev–Trinajstić information content (AvgIpc) is 2.87. The molecule has 3 fully saturated rings. The fourth-order valence-electron chi connectivity index (χ4n) is 6.31. The van der Waals surface area contributed by atoms with E-state index in [1.807, 2.05) is 6.08 Å². The molecule has 1 aliphatic heterocycles. The van der Waals surface area contributed by atoms with Crippen LogP contribution in [0, 0.1) is 35.3 Å². The fourth-order valence-corrected chi connectivity index (χ4v) is 6.31. The smallest absolute Gasteiger partial charge is 0.200 e. The third-order valence-corrected chi connectivity index (χ3v) is 8.67. The molecule has 1 aromatic rings. The molecule has 1 saturated heterocycles. The van der Waals surface area contributed by atoms with Gasteiger partial charge in [-0.15, -0.1) is 6.58 Å². The molecule has 0 N–H and O–H groups in total. The summed E-state index contributed by atoms with van der Waals surface area (Å²) in [6.45, 7) is 6.98. The first-order chi connectivity index (χ1) is 16.5. The lowest BCUT2D eigenvalue weighted by Crippen LogP contribution is -2.35. The van der Waals surface area contributed by atoms with Crippen LogP contribution in [0.2, 0.25) is 0 Å². The standard InChI is InChI=1S/C29H41F3O2/c1-3-20-5-7-21(8-6-20)24-13-15-27(29(32)28(24)31)33-17-16-25(30)22-9-11-23(12-10-22)26-14-4-19(2)18-34-26/h3,13,15,19-23,25-26H,1,4-12,14,16-18H2,2H3. The van der Waals surface area contributed by atoms with E-state index in [1.54, 1.807) is 6.07 Å². The molecule has 2 aliphatic carbocycles. The van der Waals surface area contributed by atoms with E-state index >= 15 is 0 Å². The summed E-state index contributed by atoms with van der Waals surface area (Å²) in [7, 11) is 0. The van der Waals surface area contributed by atoms with Crippen LogP contribution in [0.25, 0.3) is 0 Å². The Morgan fingerprint density at radius 3 is 2.38 bits per heavy atom. The van der Waals surface area contributed by atoms with Gasteiger partial charge in [-0.2, -0.15) is 4.39 Å². The topological polar surface area (TPSA) is 18.5 Å². The van der Waals surface area contributed by atoms with Crippen LogP contribution >= 0.6 is 0 Å². The number of hydrogen-bond donors (Lipinski definition) is 0. The summed E-state index contributed by atoms with van der Waals surface area (Å²) in [6, 6.07) is 3.16. The van der Waals surface area contributed by atoms with E-state index in [9.17, 15) is 13.2 Å². The van der Waals surface area contributed by atoms with Crippen molar-refractivity contribution < 1.29 is 22.6 Å². The molecule has 34 heavy (non-hydrogen) atoms. The van der Waals surface area contributed by atoms with Gasteiger partial charge >= 0.3 is 0 Å². The lowest BCUT2D eigenvalue weighted by Gasteiger charge is -2.37. The van der Waals surface area contributed by atoms with Crippen molar-refractivity contribution >= 4 is 0 Å². The molecule has 1 aromatic carbocycles. The SMILES string of the molecule is C=CC1CCC(c2ccc(OCCC(F)C3CCC(C4CCC(C)CO4)CC3)c(F)c2F)CC1. The summed E-state index contributed by atoms with van der Waals surface area (Å²) in [5.41, 5.74) is 0.434. The van der Waals surface area contributed by atoms with E-state index < -0.39 is 17.8 Å². The van der Waals surface area contributed by atoms with E-state index in [4.69, 9.17) is 9.47 Å². The molecule has 190 valence electrons. The van der Waals surface area contributed by atoms with E-state index in [2.05, 4.69) is 13.5 Å². The first-order valence-electron chi connectivity index (χ1n) is 13.4. The molecule has 2 nitrogen and oxygen atoms in total. The highest BCUT2D eigenvalue weighted by molar-refractivity contribution is 5.33. The second-order valence-corrected chi connectivity index (χ2v) is 11.0. The van der Waals surface area contributed by atoms with Crippen molar-refractivity contribution in [3.8, 4) is 5.75 Å². The zero-order valence-electron chi connectivity index (χ0n) is 20.6. The number of halogens is 3. The van der Waals surface area contributed by atoms with Gasteiger partial charge in [0, 0.05) is 13.0 Å². The monoisotopic (exact) mass is 478 g/mol. The molecule has 3 unspecified atom stereocenters. The van der Waals surface area contributed by atoms with Crippen molar-refractivity contribution in [3.63, 3.8) is 0 Å². The van der Waals surface area contributed by atoms with Crippen molar-refractivity contribution in [2.45, 2.75) is 95.7 Å². The molecule has 0 bridgehead atoms. The molecule has 1 heterocycles. The van der Waals surface area contributed by atoms with Gasteiger partial charge in [-0.1, -0.05) is 19.1 Å². The van der Waals surface area contributed by atoms with Crippen molar-refractivity contribution in [1.29, 1.82) is 0 Å². The second-order valence-electron chi connectivity index (χ2n) is 11.0. The van der Waals surface area contributed by atoms with Crippen molar-refractivity contribution in [3.05, 3.63) is 42.0 Å². The van der Waals surface area contributed by atoms with Crippen LogP contribution in [0.15, 0.2) is 24.8 Å². The first kappa shape index (κ1) is 25.6. The van der Waals surface area contributed by atoms with Crippen LogP contribution in [0.4, 0.5) is 13.2 Å². The minimum absolute atomic E-state index is 0.0250. The summed E-state index contributed by atoms with van der Waals surface area (Å²) in [5, 5.41) is 0. The maximum Gasteiger partial charge on any atom is 0.200 e. The Hall–Kier alpha value is -1.49. The lowest BCUT2D eigenvalue weighted by molar-refractivity contribution is -0.0571. The summed E-state index contributed by atoms with van der Waals surface area (Å²) in [6.07, 6.45) is 11.2. The van der Waals surface area contributed by atoms with E-state index in [0.29, 0.717) is 29.4 Å². The zero-order valence-corrected chi connectivity index (χ0v) is 20.6.